The molecule has 21 heavy (non-hydrogen) atoms. The Hall–Kier alpha value is -1.23. The SMILES string of the molecule is CCCN(C(=O)CC)C(=O)CC(Br)Cc1ccc(F)cc1. The second kappa shape index (κ2) is 8.93. The van der Waals surface area contributed by atoms with Gasteiger partial charge in [0.1, 0.15) is 5.82 Å². The smallest absolute Gasteiger partial charge is 0.230 e. The summed E-state index contributed by atoms with van der Waals surface area (Å²) in [5.74, 6) is -0.570. The Kier molecular flexibility index (Phi) is 7.57. The molecule has 0 saturated carbocycles. The van der Waals surface area contributed by atoms with Crippen molar-refractivity contribution in [1.29, 1.82) is 0 Å². The molecular weight excluding hydrogens is 337 g/mol. The monoisotopic (exact) mass is 357 g/mol. The van der Waals surface area contributed by atoms with E-state index in [0.717, 1.165) is 12.0 Å². The second-order valence-corrected chi connectivity index (χ2v) is 6.22. The van der Waals surface area contributed by atoms with Gasteiger partial charge in [0, 0.05) is 24.2 Å². The Bertz CT molecular complexity index is 476. The summed E-state index contributed by atoms with van der Waals surface area (Å²) in [6, 6.07) is 6.21. The third-order valence-electron chi connectivity index (χ3n) is 3.12. The summed E-state index contributed by atoms with van der Waals surface area (Å²) >= 11 is 3.47. The van der Waals surface area contributed by atoms with Crippen molar-refractivity contribution >= 4 is 27.7 Å². The zero-order valence-corrected chi connectivity index (χ0v) is 14.0. The van der Waals surface area contributed by atoms with E-state index < -0.39 is 0 Å². The third kappa shape index (κ3) is 5.96. The van der Waals surface area contributed by atoms with Crippen LogP contribution in [0.15, 0.2) is 24.3 Å². The fourth-order valence-corrected chi connectivity index (χ4v) is 2.70. The standard InChI is InChI=1S/C16H21BrFNO2/c1-3-9-19(15(20)4-2)16(21)11-13(17)10-12-5-7-14(18)8-6-12/h5-8,13H,3-4,9-11H2,1-2H3. The van der Waals surface area contributed by atoms with Crippen LogP contribution in [0.1, 0.15) is 38.7 Å². The van der Waals surface area contributed by atoms with Crippen LogP contribution >= 0.6 is 15.9 Å². The molecule has 2 amide bonds. The van der Waals surface area contributed by atoms with E-state index in [1.165, 1.54) is 17.0 Å². The molecule has 0 N–H and O–H groups in total. The van der Waals surface area contributed by atoms with Crippen LogP contribution in [-0.2, 0) is 16.0 Å². The lowest BCUT2D eigenvalue weighted by Crippen LogP contribution is -2.38. The summed E-state index contributed by atoms with van der Waals surface area (Å²) < 4.78 is 12.8. The van der Waals surface area contributed by atoms with Crippen LogP contribution in [0.4, 0.5) is 4.39 Å². The number of nitrogens with zero attached hydrogens (tertiary/aromatic N) is 1. The van der Waals surface area contributed by atoms with E-state index in [1.54, 1.807) is 19.1 Å². The minimum absolute atomic E-state index is 0.0699. The maximum atomic E-state index is 12.8. The number of carbonyl (C=O) groups is 2. The minimum Gasteiger partial charge on any atom is -0.283 e. The largest absolute Gasteiger partial charge is 0.283 e. The van der Waals surface area contributed by atoms with E-state index in [0.29, 0.717) is 19.4 Å². The van der Waals surface area contributed by atoms with Gasteiger partial charge in [-0.2, -0.15) is 0 Å². The lowest BCUT2D eigenvalue weighted by Gasteiger charge is -2.21. The van der Waals surface area contributed by atoms with Gasteiger partial charge in [-0.15, -0.1) is 0 Å². The van der Waals surface area contributed by atoms with Crippen LogP contribution in [-0.4, -0.2) is 28.1 Å². The van der Waals surface area contributed by atoms with Crippen molar-refractivity contribution in [3.05, 3.63) is 35.6 Å². The second-order valence-electron chi connectivity index (χ2n) is 4.92. The number of hydrogen-bond donors (Lipinski definition) is 0. The molecular formula is C16H21BrFNO2. The summed E-state index contributed by atoms with van der Waals surface area (Å²) in [6.07, 6.45) is 1.95. The molecule has 0 saturated heterocycles. The predicted molar refractivity (Wildman–Crippen MR) is 84.7 cm³/mol. The van der Waals surface area contributed by atoms with Crippen molar-refractivity contribution in [3.8, 4) is 0 Å². The highest BCUT2D eigenvalue weighted by Gasteiger charge is 2.21. The Morgan fingerprint density at radius 1 is 1.19 bits per heavy atom. The highest BCUT2D eigenvalue weighted by molar-refractivity contribution is 9.09. The number of rotatable bonds is 7. The van der Waals surface area contributed by atoms with Crippen LogP contribution in [0.5, 0.6) is 0 Å². The highest BCUT2D eigenvalue weighted by atomic mass is 79.9. The first-order chi connectivity index (χ1) is 9.97. The van der Waals surface area contributed by atoms with Crippen LogP contribution in [0.25, 0.3) is 0 Å². The van der Waals surface area contributed by atoms with Crippen molar-refractivity contribution in [2.75, 3.05) is 6.54 Å². The fourth-order valence-electron chi connectivity index (χ4n) is 2.05. The molecule has 1 aromatic carbocycles. The maximum absolute atomic E-state index is 12.8. The molecule has 1 atom stereocenters. The zero-order valence-electron chi connectivity index (χ0n) is 12.4. The molecule has 3 nitrogen and oxygen atoms in total. The average Bonchev–Trinajstić information content (AvgIpc) is 2.46. The Morgan fingerprint density at radius 2 is 1.81 bits per heavy atom. The molecule has 0 bridgehead atoms. The van der Waals surface area contributed by atoms with Gasteiger partial charge in [-0.3, -0.25) is 14.5 Å². The number of amides is 2. The Labute approximate surface area is 133 Å². The van der Waals surface area contributed by atoms with Gasteiger partial charge in [0.2, 0.25) is 11.8 Å². The molecule has 5 heteroatoms. The molecule has 0 aliphatic heterocycles. The maximum Gasteiger partial charge on any atom is 0.230 e. The summed E-state index contributed by atoms with van der Waals surface area (Å²) in [5, 5.41) is 0. The molecule has 0 aliphatic rings. The fraction of sp³-hybridized carbons (Fsp3) is 0.500. The van der Waals surface area contributed by atoms with Gasteiger partial charge < -0.3 is 0 Å². The topological polar surface area (TPSA) is 37.4 Å². The first-order valence-electron chi connectivity index (χ1n) is 7.19. The predicted octanol–water partition coefficient (Wildman–Crippen LogP) is 3.70. The molecule has 1 unspecified atom stereocenters. The van der Waals surface area contributed by atoms with Gasteiger partial charge in [0.25, 0.3) is 0 Å². The third-order valence-corrected chi connectivity index (χ3v) is 3.77. The van der Waals surface area contributed by atoms with Gasteiger partial charge in [0.05, 0.1) is 0 Å². The zero-order chi connectivity index (χ0) is 15.8. The van der Waals surface area contributed by atoms with Gasteiger partial charge >= 0.3 is 0 Å². The molecule has 0 heterocycles. The number of halogens is 2. The number of imide groups is 1. The van der Waals surface area contributed by atoms with Crippen molar-refractivity contribution in [1.82, 2.24) is 4.90 Å². The van der Waals surface area contributed by atoms with E-state index in [4.69, 9.17) is 0 Å². The quantitative estimate of drug-likeness (QED) is 0.697. The van der Waals surface area contributed by atoms with E-state index in [9.17, 15) is 14.0 Å². The van der Waals surface area contributed by atoms with Gasteiger partial charge in [-0.1, -0.05) is 41.9 Å². The molecule has 0 aliphatic carbocycles. The Balaban J connectivity index is 2.59. The van der Waals surface area contributed by atoms with E-state index in [1.807, 2.05) is 6.92 Å². The van der Waals surface area contributed by atoms with Gasteiger partial charge in [0.15, 0.2) is 0 Å². The lowest BCUT2D eigenvalue weighted by atomic mass is 10.1. The number of benzene rings is 1. The molecule has 116 valence electrons. The first kappa shape index (κ1) is 17.8. The average molecular weight is 358 g/mol. The highest BCUT2D eigenvalue weighted by Crippen LogP contribution is 2.16. The number of carbonyl (C=O) groups excluding carboxylic acids is 2. The molecule has 0 aromatic heterocycles. The number of alkyl halides is 1. The summed E-state index contributed by atoms with van der Waals surface area (Å²) in [5.41, 5.74) is 0.954. The van der Waals surface area contributed by atoms with Crippen molar-refractivity contribution in [2.24, 2.45) is 0 Å². The van der Waals surface area contributed by atoms with Crippen LogP contribution in [0, 0.1) is 5.82 Å². The first-order valence-corrected chi connectivity index (χ1v) is 8.11. The van der Waals surface area contributed by atoms with E-state index >= 15 is 0 Å². The van der Waals surface area contributed by atoms with E-state index in [2.05, 4.69) is 15.9 Å². The summed E-state index contributed by atoms with van der Waals surface area (Å²) in [7, 11) is 0. The van der Waals surface area contributed by atoms with Crippen molar-refractivity contribution in [3.63, 3.8) is 0 Å². The summed E-state index contributed by atoms with van der Waals surface area (Å²) in [4.78, 5) is 25.2. The van der Waals surface area contributed by atoms with E-state index in [-0.39, 0.29) is 28.9 Å². The molecule has 0 fully saturated rings. The number of hydrogen-bond acceptors (Lipinski definition) is 2. The van der Waals surface area contributed by atoms with Crippen molar-refractivity contribution < 1.29 is 14.0 Å². The normalized spacial score (nSPS) is 12.0. The molecule has 1 aromatic rings. The van der Waals surface area contributed by atoms with Gasteiger partial charge in [-0.05, 0) is 30.5 Å². The molecule has 0 radical (unpaired) electrons. The van der Waals surface area contributed by atoms with Crippen LogP contribution in [0.2, 0.25) is 0 Å². The van der Waals surface area contributed by atoms with Crippen molar-refractivity contribution in [2.45, 2.75) is 44.4 Å². The van der Waals surface area contributed by atoms with Crippen LogP contribution in [0.3, 0.4) is 0 Å². The Morgan fingerprint density at radius 3 is 2.33 bits per heavy atom. The van der Waals surface area contributed by atoms with Gasteiger partial charge in [-0.25, -0.2) is 4.39 Å². The lowest BCUT2D eigenvalue weighted by molar-refractivity contribution is -0.144. The summed E-state index contributed by atoms with van der Waals surface area (Å²) in [6.45, 7) is 4.15. The van der Waals surface area contributed by atoms with Crippen LogP contribution < -0.4 is 0 Å². The molecule has 0 spiro atoms. The molecule has 1 rings (SSSR count). The minimum atomic E-state index is -0.274.